The fraction of sp³-hybridized carbons (Fsp3) is 0.600. The molecule has 0 radical (unpaired) electrons. The van der Waals surface area contributed by atoms with Crippen molar-refractivity contribution in [1.29, 1.82) is 0 Å². The number of ether oxygens (including phenoxy) is 1. The highest BCUT2D eigenvalue weighted by molar-refractivity contribution is 7.89. The normalized spacial score (nSPS) is 24.9. The summed E-state index contributed by atoms with van der Waals surface area (Å²) in [6.07, 6.45) is 2.88. The second-order valence-corrected chi connectivity index (χ2v) is 9.73. The number of piperidine rings is 1. The molecule has 7 nitrogen and oxygen atoms in total. The third-order valence-corrected chi connectivity index (χ3v) is 7.88. The van der Waals surface area contributed by atoms with Gasteiger partial charge in [-0.05, 0) is 62.8 Å². The standard InChI is InChI=1S/C20H26N2O5S/c1-3-27-20(24)15-7-4-8-21(12-15)28(25,26)16-10-14-6-5-9-22-18(14)17(11-16)13(2)19(22)23/h10-11,13,15H,3-9,12H2,1-2H3/t13-,15+/m0/s1. The van der Waals surface area contributed by atoms with Crippen LogP contribution >= 0.6 is 0 Å². The lowest BCUT2D eigenvalue weighted by Crippen LogP contribution is -2.42. The van der Waals surface area contributed by atoms with Crippen molar-refractivity contribution < 1.29 is 22.7 Å². The van der Waals surface area contributed by atoms with E-state index in [-0.39, 0.29) is 29.2 Å². The van der Waals surface area contributed by atoms with Gasteiger partial charge in [-0.1, -0.05) is 0 Å². The molecule has 2 atom stereocenters. The van der Waals surface area contributed by atoms with Gasteiger partial charge in [0.15, 0.2) is 0 Å². The van der Waals surface area contributed by atoms with E-state index in [0.717, 1.165) is 29.7 Å². The Kier molecular flexibility index (Phi) is 4.95. The van der Waals surface area contributed by atoms with Gasteiger partial charge in [-0.2, -0.15) is 4.31 Å². The number of hydrogen-bond donors (Lipinski definition) is 0. The van der Waals surface area contributed by atoms with E-state index in [2.05, 4.69) is 0 Å². The third-order valence-electron chi connectivity index (χ3n) is 6.03. The molecule has 0 bridgehead atoms. The van der Waals surface area contributed by atoms with Crippen LogP contribution in [0.4, 0.5) is 5.69 Å². The van der Waals surface area contributed by atoms with Gasteiger partial charge in [-0.15, -0.1) is 0 Å². The molecule has 0 aliphatic carbocycles. The number of esters is 1. The van der Waals surface area contributed by atoms with Crippen molar-refractivity contribution in [3.63, 3.8) is 0 Å². The van der Waals surface area contributed by atoms with Gasteiger partial charge in [0.2, 0.25) is 15.9 Å². The zero-order valence-corrected chi connectivity index (χ0v) is 17.1. The van der Waals surface area contributed by atoms with E-state index in [1.54, 1.807) is 24.0 Å². The molecule has 0 saturated carbocycles. The molecule has 4 rings (SSSR count). The van der Waals surface area contributed by atoms with Crippen molar-refractivity contribution >= 4 is 27.6 Å². The van der Waals surface area contributed by atoms with E-state index < -0.39 is 15.9 Å². The SMILES string of the molecule is CCOC(=O)[C@@H]1CCCN(S(=O)(=O)c2cc3c4c(c2)[C@H](C)C(=O)N4CCC3)C1. The minimum Gasteiger partial charge on any atom is -0.466 e. The summed E-state index contributed by atoms with van der Waals surface area (Å²) in [5.74, 6) is -1.03. The van der Waals surface area contributed by atoms with Crippen molar-refractivity contribution in [2.75, 3.05) is 31.1 Å². The van der Waals surface area contributed by atoms with Gasteiger partial charge in [0, 0.05) is 19.6 Å². The van der Waals surface area contributed by atoms with Gasteiger partial charge < -0.3 is 9.64 Å². The molecule has 8 heteroatoms. The zero-order chi connectivity index (χ0) is 20.1. The van der Waals surface area contributed by atoms with E-state index in [1.165, 1.54) is 4.31 Å². The summed E-state index contributed by atoms with van der Waals surface area (Å²) in [6, 6.07) is 3.38. The van der Waals surface area contributed by atoms with Crippen molar-refractivity contribution in [1.82, 2.24) is 4.31 Å². The molecule has 0 spiro atoms. The van der Waals surface area contributed by atoms with Gasteiger partial charge in [0.1, 0.15) is 0 Å². The first kappa shape index (κ1) is 19.4. The van der Waals surface area contributed by atoms with Crippen molar-refractivity contribution in [3.05, 3.63) is 23.3 Å². The maximum atomic E-state index is 13.3. The van der Waals surface area contributed by atoms with E-state index in [4.69, 9.17) is 4.74 Å². The van der Waals surface area contributed by atoms with Crippen LogP contribution in [0.15, 0.2) is 17.0 Å². The molecule has 1 amide bonds. The highest BCUT2D eigenvalue weighted by Gasteiger charge is 2.40. The Labute approximate surface area is 165 Å². The lowest BCUT2D eigenvalue weighted by atomic mass is 9.97. The van der Waals surface area contributed by atoms with E-state index >= 15 is 0 Å². The molecule has 0 unspecified atom stereocenters. The molecular formula is C20H26N2O5S. The molecule has 1 aromatic carbocycles. The monoisotopic (exact) mass is 406 g/mol. The molecule has 1 aromatic rings. The van der Waals surface area contributed by atoms with Crippen LogP contribution in [-0.2, 0) is 30.8 Å². The molecule has 1 saturated heterocycles. The Morgan fingerprint density at radius 1 is 1.25 bits per heavy atom. The van der Waals surface area contributed by atoms with Crippen LogP contribution in [0, 0.1) is 5.92 Å². The molecule has 0 N–H and O–H groups in total. The Bertz CT molecular complexity index is 927. The maximum Gasteiger partial charge on any atom is 0.310 e. The third kappa shape index (κ3) is 3.03. The molecule has 3 heterocycles. The first-order chi connectivity index (χ1) is 13.3. The number of carbonyl (C=O) groups is 2. The summed E-state index contributed by atoms with van der Waals surface area (Å²) >= 11 is 0. The Hall–Kier alpha value is -1.93. The van der Waals surface area contributed by atoms with Crippen LogP contribution in [0.2, 0.25) is 0 Å². The van der Waals surface area contributed by atoms with E-state index in [9.17, 15) is 18.0 Å². The van der Waals surface area contributed by atoms with Crippen molar-refractivity contribution in [2.24, 2.45) is 5.92 Å². The predicted octanol–water partition coefficient (Wildman–Crippen LogP) is 2.05. The highest BCUT2D eigenvalue weighted by Crippen LogP contribution is 2.44. The number of sulfonamides is 1. The summed E-state index contributed by atoms with van der Waals surface area (Å²) < 4.78 is 33.2. The van der Waals surface area contributed by atoms with Gasteiger partial charge in [-0.3, -0.25) is 9.59 Å². The van der Waals surface area contributed by atoms with Crippen molar-refractivity contribution in [3.8, 4) is 0 Å². The fourth-order valence-electron chi connectivity index (χ4n) is 4.58. The molecular weight excluding hydrogens is 380 g/mol. The molecule has 0 aromatic heterocycles. The van der Waals surface area contributed by atoms with E-state index in [0.29, 0.717) is 32.5 Å². The number of anilines is 1. The lowest BCUT2D eigenvalue weighted by molar-refractivity contribution is -0.149. The summed E-state index contributed by atoms with van der Waals surface area (Å²) in [6.45, 7) is 5.11. The zero-order valence-electron chi connectivity index (χ0n) is 16.3. The number of rotatable bonds is 4. The summed E-state index contributed by atoms with van der Waals surface area (Å²) in [4.78, 5) is 26.7. The molecule has 1 fully saturated rings. The van der Waals surface area contributed by atoms with Crippen LogP contribution < -0.4 is 4.90 Å². The minimum absolute atomic E-state index is 0.0471. The van der Waals surface area contributed by atoms with Gasteiger partial charge in [0.25, 0.3) is 0 Å². The Balaban J connectivity index is 1.67. The number of carbonyl (C=O) groups excluding carboxylic acids is 2. The number of benzene rings is 1. The molecule has 28 heavy (non-hydrogen) atoms. The topological polar surface area (TPSA) is 84.0 Å². The molecule has 152 valence electrons. The summed E-state index contributed by atoms with van der Waals surface area (Å²) in [7, 11) is -3.74. The van der Waals surface area contributed by atoms with Crippen LogP contribution in [-0.4, -0.2) is 50.8 Å². The predicted molar refractivity (Wildman–Crippen MR) is 104 cm³/mol. The van der Waals surface area contributed by atoms with Gasteiger partial charge >= 0.3 is 5.97 Å². The maximum absolute atomic E-state index is 13.3. The minimum atomic E-state index is -3.74. The first-order valence-corrected chi connectivity index (χ1v) is 11.4. The van der Waals surface area contributed by atoms with Crippen molar-refractivity contribution in [2.45, 2.75) is 50.3 Å². The largest absolute Gasteiger partial charge is 0.466 e. The van der Waals surface area contributed by atoms with Crippen LogP contribution in [0.3, 0.4) is 0 Å². The number of hydrogen-bond acceptors (Lipinski definition) is 5. The average molecular weight is 407 g/mol. The first-order valence-electron chi connectivity index (χ1n) is 9.99. The second-order valence-electron chi connectivity index (χ2n) is 7.79. The summed E-state index contributed by atoms with van der Waals surface area (Å²) in [5.41, 5.74) is 2.64. The lowest BCUT2D eigenvalue weighted by Gasteiger charge is -2.31. The van der Waals surface area contributed by atoms with Crippen LogP contribution in [0.1, 0.15) is 50.2 Å². The molecule has 3 aliphatic rings. The van der Waals surface area contributed by atoms with Crippen LogP contribution in [0.5, 0.6) is 0 Å². The molecule has 3 aliphatic heterocycles. The highest BCUT2D eigenvalue weighted by atomic mass is 32.2. The fourth-order valence-corrected chi connectivity index (χ4v) is 6.19. The number of aryl methyl sites for hydroxylation is 1. The number of nitrogens with zero attached hydrogens (tertiary/aromatic N) is 2. The smallest absolute Gasteiger partial charge is 0.310 e. The average Bonchev–Trinajstić information content (AvgIpc) is 2.95. The van der Waals surface area contributed by atoms with Gasteiger partial charge in [-0.25, -0.2) is 8.42 Å². The quantitative estimate of drug-likeness (QED) is 0.715. The Morgan fingerprint density at radius 2 is 2.04 bits per heavy atom. The summed E-state index contributed by atoms with van der Waals surface area (Å²) in [5, 5.41) is 0. The van der Waals surface area contributed by atoms with E-state index in [1.807, 2.05) is 6.92 Å². The Morgan fingerprint density at radius 3 is 2.79 bits per heavy atom. The van der Waals surface area contributed by atoms with Crippen LogP contribution in [0.25, 0.3) is 0 Å². The second kappa shape index (κ2) is 7.15. The van der Waals surface area contributed by atoms with Gasteiger partial charge in [0.05, 0.1) is 29.0 Å². The number of amides is 1.